The van der Waals surface area contributed by atoms with Gasteiger partial charge in [0.2, 0.25) is 10.0 Å². The van der Waals surface area contributed by atoms with E-state index in [1.165, 1.54) is 12.1 Å². The van der Waals surface area contributed by atoms with Gasteiger partial charge in [0, 0.05) is 17.4 Å². The largest absolute Gasteiger partial charge is 0.322 e. The molecule has 27 heavy (non-hydrogen) atoms. The average molecular weight is 384 g/mol. The highest BCUT2D eigenvalue weighted by Crippen LogP contribution is 2.24. The first-order valence-corrected chi connectivity index (χ1v) is 9.77. The number of hydrogen-bond donors (Lipinski definition) is 2. The fourth-order valence-corrected chi connectivity index (χ4v) is 3.26. The first kappa shape index (κ1) is 18.8. The summed E-state index contributed by atoms with van der Waals surface area (Å²) < 4.78 is 25.0. The van der Waals surface area contributed by atoms with Gasteiger partial charge in [0.25, 0.3) is 5.91 Å². The van der Waals surface area contributed by atoms with E-state index in [0.717, 1.165) is 22.4 Å². The van der Waals surface area contributed by atoms with Crippen molar-refractivity contribution < 1.29 is 13.2 Å². The number of amides is 1. The standard InChI is InChI=1S/C19H20N4O3S/c1-12-10-21-23(11-12)16-6-4-15(5-7-16)19(24)22-18-9-17(27(20,25)26)8-13(2)14(18)3/h4-11H,1-3H3,(H,22,24)(H2,20,25,26). The number of carbonyl (C=O) groups is 1. The first-order valence-electron chi connectivity index (χ1n) is 8.22. The van der Waals surface area contributed by atoms with E-state index in [0.29, 0.717) is 11.3 Å². The third kappa shape index (κ3) is 4.07. The molecule has 0 atom stereocenters. The second-order valence-corrected chi connectivity index (χ2v) is 7.98. The number of carbonyl (C=O) groups excluding carboxylic acids is 1. The van der Waals surface area contributed by atoms with Crippen LogP contribution >= 0.6 is 0 Å². The molecule has 1 amide bonds. The van der Waals surface area contributed by atoms with Crippen LogP contribution in [0.25, 0.3) is 5.69 Å². The van der Waals surface area contributed by atoms with Crippen molar-refractivity contribution >= 4 is 21.6 Å². The molecular formula is C19H20N4O3S. The van der Waals surface area contributed by atoms with Crippen LogP contribution in [0, 0.1) is 20.8 Å². The Balaban J connectivity index is 1.86. The Labute approximate surface area is 157 Å². The molecule has 1 aromatic heterocycles. The van der Waals surface area contributed by atoms with E-state index in [9.17, 15) is 13.2 Å². The lowest BCUT2D eigenvalue weighted by Gasteiger charge is -2.13. The number of rotatable bonds is 4. The van der Waals surface area contributed by atoms with Crippen LogP contribution in [-0.4, -0.2) is 24.1 Å². The van der Waals surface area contributed by atoms with E-state index in [1.54, 1.807) is 49.0 Å². The van der Waals surface area contributed by atoms with Crippen LogP contribution in [0.1, 0.15) is 27.0 Å². The molecule has 8 heteroatoms. The summed E-state index contributed by atoms with van der Waals surface area (Å²) >= 11 is 0. The third-order valence-corrected chi connectivity index (χ3v) is 5.22. The molecule has 0 aliphatic heterocycles. The summed E-state index contributed by atoms with van der Waals surface area (Å²) in [5, 5.41) is 12.2. The van der Waals surface area contributed by atoms with Gasteiger partial charge in [0.15, 0.2) is 0 Å². The fourth-order valence-electron chi connectivity index (χ4n) is 2.63. The van der Waals surface area contributed by atoms with Gasteiger partial charge < -0.3 is 5.32 Å². The molecule has 0 saturated carbocycles. The predicted octanol–water partition coefficient (Wildman–Crippen LogP) is 2.70. The maximum absolute atomic E-state index is 12.6. The van der Waals surface area contributed by atoms with E-state index in [4.69, 9.17) is 5.14 Å². The van der Waals surface area contributed by atoms with Crippen molar-refractivity contribution in [1.29, 1.82) is 0 Å². The summed E-state index contributed by atoms with van der Waals surface area (Å²) in [4.78, 5) is 12.5. The zero-order chi connectivity index (χ0) is 19.8. The summed E-state index contributed by atoms with van der Waals surface area (Å²) in [6.07, 6.45) is 3.64. The molecule has 3 aromatic rings. The van der Waals surface area contributed by atoms with Gasteiger partial charge in [-0.15, -0.1) is 0 Å². The SMILES string of the molecule is Cc1cnn(-c2ccc(C(=O)Nc3cc(S(N)(=O)=O)cc(C)c3C)cc2)c1. The molecule has 1 heterocycles. The summed E-state index contributed by atoms with van der Waals surface area (Å²) in [6.45, 7) is 5.52. The number of aryl methyl sites for hydroxylation is 2. The van der Waals surface area contributed by atoms with Crippen LogP contribution in [0.3, 0.4) is 0 Å². The molecule has 0 unspecified atom stereocenters. The number of anilines is 1. The molecule has 0 fully saturated rings. The molecule has 0 bridgehead atoms. The minimum Gasteiger partial charge on any atom is -0.322 e. The second kappa shape index (κ2) is 6.98. The Morgan fingerprint density at radius 1 is 1.11 bits per heavy atom. The summed E-state index contributed by atoms with van der Waals surface area (Å²) in [7, 11) is -3.86. The van der Waals surface area contributed by atoms with Gasteiger partial charge >= 0.3 is 0 Å². The van der Waals surface area contributed by atoms with Crippen molar-refractivity contribution in [3.63, 3.8) is 0 Å². The van der Waals surface area contributed by atoms with Gasteiger partial charge in [-0.3, -0.25) is 4.79 Å². The minimum atomic E-state index is -3.86. The highest BCUT2D eigenvalue weighted by atomic mass is 32.2. The maximum Gasteiger partial charge on any atom is 0.255 e. The highest BCUT2D eigenvalue weighted by molar-refractivity contribution is 7.89. The van der Waals surface area contributed by atoms with Crippen LogP contribution < -0.4 is 10.5 Å². The van der Waals surface area contributed by atoms with Crippen LogP contribution in [0.4, 0.5) is 5.69 Å². The number of primary sulfonamides is 1. The van der Waals surface area contributed by atoms with Crippen molar-refractivity contribution in [2.24, 2.45) is 5.14 Å². The number of aromatic nitrogens is 2. The zero-order valence-corrected chi connectivity index (χ0v) is 16.0. The molecule has 0 saturated heterocycles. The Morgan fingerprint density at radius 3 is 2.33 bits per heavy atom. The van der Waals surface area contributed by atoms with E-state index in [-0.39, 0.29) is 10.8 Å². The Kier molecular flexibility index (Phi) is 4.86. The molecular weight excluding hydrogens is 364 g/mol. The van der Waals surface area contributed by atoms with Gasteiger partial charge in [-0.1, -0.05) is 0 Å². The summed E-state index contributed by atoms with van der Waals surface area (Å²) in [5.41, 5.74) is 4.23. The zero-order valence-electron chi connectivity index (χ0n) is 15.2. The number of nitrogens with one attached hydrogen (secondary N) is 1. The summed E-state index contributed by atoms with van der Waals surface area (Å²) in [5.74, 6) is -0.340. The van der Waals surface area contributed by atoms with Crippen LogP contribution in [-0.2, 0) is 10.0 Å². The maximum atomic E-state index is 12.6. The van der Waals surface area contributed by atoms with Crippen LogP contribution in [0.15, 0.2) is 53.7 Å². The van der Waals surface area contributed by atoms with E-state index < -0.39 is 10.0 Å². The average Bonchev–Trinajstić information content (AvgIpc) is 3.04. The van der Waals surface area contributed by atoms with Crippen molar-refractivity contribution in [3.8, 4) is 5.69 Å². The lowest BCUT2D eigenvalue weighted by Crippen LogP contribution is -2.16. The van der Waals surface area contributed by atoms with Crippen molar-refractivity contribution in [3.05, 3.63) is 71.0 Å². The van der Waals surface area contributed by atoms with Gasteiger partial charge in [0.05, 0.1) is 16.8 Å². The highest BCUT2D eigenvalue weighted by Gasteiger charge is 2.15. The number of sulfonamides is 1. The monoisotopic (exact) mass is 384 g/mol. The van der Waals surface area contributed by atoms with Crippen LogP contribution in [0.5, 0.6) is 0 Å². The predicted molar refractivity (Wildman–Crippen MR) is 104 cm³/mol. The smallest absolute Gasteiger partial charge is 0.255 e. The second-order valence-electron chi connectivity index (χ2n) is 6.42. The number of benzene rings is 2. The molecule has 3 rings (SSSR count). The first-order chi connectivity index (χ1) is 12.6. The van der Waals surface area contributed by atoms with Crippen LogP contribution in [0.2, 0.25) is 0 Å². The Morgan fingerprint density at radius 2 is 1.78 bits per heavy atom. The minimum absolute atomic E-state index is 0.0368. The number of nitrogens with zero attached hydrogens (tertiary/aromatic N) is 2. The van der Waals surface area contributed by atoms with Gasteiger partial charge in [-0.2, -0.15) is 5.10 Å². The topological polar surface area (TPSA) is 107 Å². The van der Waals surface area contributed by atoms with Crippen molar-refractivity contribution in [1.82, 2.24) is 9.78 Å². The molecule has 2 aromatic carbocycles. The normalized spacial score (nSPS) is 11.4. The summed E-state index contributed by atoms with van der Waals surface area (Å²) in [6, 6.07) is 9.82. The van der Waals surface area contributed by atoms with Gasteiger partial charge in [0.1, 0.15) is 0 Å². The third-order valence-electron chi connectivity index (χ3n) is 4.32. The molecule has 0 aliphatic carbocycles. The van der Waals surface area contributed by atoms with Crippen molar-refractivity contribution in [2.45, 2.75) is 25.7 Å². The molecule has 140 valence electrons. The van der Waals surface area contributed by atoms with Crippen molar-refractivity contribution in [2.75, 3.05) is 5.32 Å². The molecule has 3 N–H and O–H groups in total. The number of hydrogen-bond acceptors (Lipinski definition) is 4. The van der Waals surface area contributed by atoms with Gasteiger partial charge in [-0.05, 0) is 73.9 Å². The van der Waals surface area contributed by atoms with E-state index in [1.807, 2.05) is 13.1 Å². The molecule has 0 spiro atoms. The Bertz CT molecular complexity index is 1120. The number of nitrogens with two attached hydrogens (primary N) is 1. The molecule has 7 nitrogen and oxygen atoms in total. The van der Waals surface area contributed by atoms with E-state index >= 15 is 0 Å². The fraction of sp³-hybridized carbons (Fsp3) is 0.158. The quantitative estimate of drug-likeness (QED) is 0.721. The Hall–Kier alpha value is -2.97. The molecule has 0 radical (unpaired) electrons. The van der Waals surface area contributed by atoms with Gasteiger partial charge in [-0.25, -0.2) is 18.2 Å². The lowest BCUT2D eigenvalue weighted by molar-refractivity contribution is 0.102. The lowest BCUT2D eigenvalue weighted by atomic mass is 10.1. The molecule has 0 aliphatic rings. The van der Waals surface area contributed by atoms with E-state index in [2.05, 4.69) is 10.4 Å².